The third-order valence-corrected chi connectivity index (χ3v) is 4.14. The van der Waals surface area contributed by atoms with Gasteiger partial charge in [-0.2, -0.15) is 0 Å². The molecule has 1 N–H and O–H groups in total. The number of ether oxygens (including phenoxy) is 1. The van der Waals surface area contributed by atoms with Crippen molar-refractivity contribution in [1.29, 1.82) is 0 Å². The molecule has 0 unspecified atom stereocenters. The molecule has 1 heterocycles. The van der Waals surface area contributed by atoms with E-state index in [-0.39, 0.29) is 6.61 Å². The largest absolute Gasteiger partial charge is 0.390 e. The van der Waals surface area contributed by atoms with Crippen molar-refractivity contribution >= 4 is 11.8 Å². The van der Waals surface area contributed by atoms with E-state index in [0.29, 0.717) is 6.61 Å². The number of aryl methyl sites for hydroxylation is 1. The topological polar surface area (TPSA) is 47.3 Å². The third-order valence-electron chi connectivity index (χ3n) is 3.19. The van der Waals surface area contributed by atoms with Crippen LogP contribution in [0.1, 0.15) is 23.7 Å². The normalized spacial score (nSPS) is 11.0. The number of hydrogen-bond acceptors (Lipinski definition) is 4. The summed E-state index contributed by atoms with van der Waals surface area (Å²) >= 11 is 1.66. The maximum absolute atomic E-state index is 9.47. The Kier molecular flexibility index (Phi) is 6.29. The zero-order valence-electron chi connectivity index (χ0n) is 12.6. The molecule has 0 saturated carbocycles. The van der Waals surface area contributed by atoms with Gasteiger partial charge < -0.3 is 14.4 Å². The molecule has 1 aromatic carbocycles. The van der Waals surface area contributed by atoms with E-state index in [1.165, 1.54) is 11.1 Å². The van der Waals surface area contributed by atoms with Crippen molar-refractivity contribution in [2.75, 3.05) is 19.0 Å². The summed E-state index contributed by atoms with van der Waals surface area (Å²) in [5.74, 6) is 0.865. The lowest BCUT2D eigenvalue weighted by atomic mass is 10.1. The van der Waals surface area contributed by atoms with Crippen LogP contribution in [0.15, 0.2) is 35.6 Å². The Balaban J connectivity index is 2.08. The van der Waals surface area contributed by atoms with E-state index in [2.05, 4.69) is 40.7 Å². The monoisotopic (exact) mass is 306 g/mol. The number of aromatic nitrogens is 2. The molecule has 1 aromatic heterocycles. The predicted molar refractivity (Wildman–Crippen MR) is 85.6 cm³/mol. The summed E-state index contributed by atoms with van der Waals surface area (Å²) in [5.41, 5.74) is 3.30. The smallest absolute Gasteiger partial charge is 0.168 e. The summed E-state index contributed by atoms with van der Waals surface area (Å²) in [6.45, 7) is 6.26. The number of rotatable bonds is 8. The van der Waals surface area contributed by atoms with E-state index in [4.69, 9.17) is 4.74 Å². The average molecular weight is 306 g/mol. The maximum atomic E-state index is 9.47. The molecule has 0 aliphatic heterocycles. The summed E-state index contributed by atoms with van der Waals surface area (Å²) in [6, 6.07) is 8.44. The molecule has 0 amide bonds. The maximum Gasteiger partial charge on any atom is 0.168 e. The Labute approximate surface area is 130 Å². The van der Waals surface area contributed by atoms with Gasteiger partial charge >= 0.3 is 0 Å². The summed E-state index contributed by atoms with van der Waals surface area (Å²) < 4.78 is 7.42. The van der Waals surface area contributed by atoms with Gasteiger partial charge in [-0.05, 0) is 19.4 Å². The van der Waals surface area contributed by atoms with Crippen LogP contribution in [0, 0.1) is 6.92 Å². The Morgan fingerprint density at radius 1 is 1.29 bits per heavy atom. The minimum atomic E-state index is 0.00484. The Morgan fingerprint density at radius 3 is 2.71 bits per heavy atom. The van der Waals surface area contributed by atoms with Crippen LogP contribution in [0.3, 0.4) is 0 Å². The molecular formula is C16H22N2O2S. The van der Waals surface area contributed by atoms with Crippen molar-refractivity contribution in [2.45, 2.75) is 32.2 Å². The van der Waals surface area contributed by atoms with E-state index in [1.807, 2.05) is 6.92 Å². The molecule has 2 aromatic rings. The molecule has 5 heteroatoms. The SMILES string of the molecule is CCOCCSc1ncc(CO)n1Cc1ccc(C)cc1. The van der Waals surface area contributed by atoms with Crippen LogP contribution in [0.25, 0.3) is 0 Å². The fourth-order valence-corrected chi connectivity index (χ4v) is 2.86. The number of hydrogen-bond donors (Lipinski definition) is 1. The van der Waals surface area contributed by atoms with Gasteiger partial charge in [-0.15, -0.1) is 0 Å². The number of imidazole rings is 1. The minimum Gasteiger partial charge on any atom is -0.390 e. The molecule has 0 atom stereocenters. The van der Waals surface area contributed by atoms with Crippen LogP contribution in [-0.2, 0) is 17.9 Å². The quantitative estimate of drug-likeness (QED) is 0.602. The fourth-order valence-electron chi connectivity index (χ4n) is 2.01. The number of thioether (sulfide) groups is 1. The van der Waals surface area contributed by atoms with E-state index < -0.39 is 0 Å². The number of nitrogens with zero attached hydrogens (tertiary/aromatic N) is 2. The van der Waals surface area contributed by atoms with Gasteiger partial charge in [-0.1, -0.05) is 41.6 Å². The molecule has 0 aliphatic rings. The number of aliphatic hydroxyl groups excluding tert-OH is 1. The highest BCUT2D eigenvalue weighted by molar-refractivity contribution is 7.99. The Bertz CT molecular complexity index is 552. The zero-order chi connectivity index (χ0) is 15.1. The zero-order valence-corrected chi connectivity index (χ0v) is 13.4. The molecule has 0 radical (unpaired) electrons. The Hall–Kier alpha value is -1.30. The summed E-state index contributed by atoms with van der Waals surface area (Å²) in [7, 11) is 0. The second-order valence-corrected chi connectivity index (χ2v) is 5.87. The van der Waals surface area contributed by atoms with Crippen LogP contribution in [0.2, 0.25) is 0 Å². The van der Waals surface area contributed by atoms with Crippen LogP contribution in [-0.4, -0.2) is 33.6 Å². The molecular weight excluding hydrogens is 284 g/mol. The van der Waals surface area contributed by atoms with Crippen molar-refractivity contribution in [2.24, 2.45) is 0 Å². The fraction of sp³-hybridized carbons (Fsp3) is 0.438. The molecule has 4 nitrogen and oxygen atoms in total. The van der Waals surface area contributed by atoms with Crippen molar-refractivity contribution in [3.63, 3.8) is 0 Å². The summed E-state index contributed by atoms with van der Waals surface area (Å²) in [4.78, 5) is 4.41. The molecule has 0 aliphatic carbocycles. The van der Waals surface area contributed by atoms with Gasteiger partial charge in [0.2, 0.25) is 0 Å². The average Bonchev–Trinajstić information content (AvgIpc) is 2.88. The van der Waals surface area contributed by atoms with Gasteiger partial charge in [0, 0.05) is 18.9 Å². The summed E-state index contributed by atoms with van der Waals surface area (Å²) in [5, 5.41) is 10.4. The van der Waals surface area contributed by atoms with E-state index >= 15 is 0 Å². The summed E-state index contributed by atoms with van der Waals surface area (Å²) in [6.07, 6.45) is 1.75. The first-order valence-corrected chi connectivity index (χ1v) is 8.14. The molecule has 0 fully saturated rings. The first-order chi connectivity index (χ1) is 10.2. The number of benzene rings is 1. The lowest BCUT2D eigenvalue weighted by molar-refractivity contribution is 0.164. The molecule has 2 rings (SSSR count). The van der Waals surface area contributed by atoms with E-state index in [9.17, 15) is 5.11 Å². The highest BCUT2D eigenvalue weighted by Crippen LogP contribution is 2.20. The predicted octanol–water partition coefficient (Wildman–Crippen LogP) is 2.86. The van der Waals surface area contributed by atoms with Crippen molar-refractivity contribution in [3.8, 4) is 0 Å². The van der Waals surface area contributed by atoms with Gasteiger partial charge in [0.15, 0.2) is 5.16 Å². The highest BCUT2D eigenvalue weighted by atomic mass is 32.2. The van der Waals surface area contributed by atoms with Crippen molar-refractivity contribution < 1.29 is 9.84 Å². The second kappa shape index (κ2) is 8.22. The second-order valence-electron chi connectivity index (χ2n) is 4.81. The lowest BCUT2D eigenvalue weighted by Crippen LogP contribution is -2.07. The van der Waals surface area contributed by atoms with Gasteiger partial charge in [0.05, 0.1) is 25.1 Å². The van der Waals surface area contributed by atoms with Crippen LogP contribution < -0.4 is 0 Å². The molecule has 0 spiro atoms. The minimum absolute atomic E-state index is 0.00484. The number of aliphatic hydroxyl groups is 1. The van der Waals surface area contributed by atoms with Gasteiger partial charge in [-0.25, -0.2) is 4.98 Å². The third kappa shape index (κ3) is 4.59. The molecule has 0 saturated heterocycles. The van der Waals surface area contributed by atoms with Crippen LogP contribution in [0.4, 0.5) is 0 Å². The lowest BCUT2D eigenvalue weighted by Gasteiger charge is -2.11. The molecule has 114 valence electrons. The van der Waals surface area contributed by atoms with Gasteiger partial charge in [0.1, 0.15) is 0 Å². The van der Waals surface area contributed by atoms with E-state index in [0.717, 1.165) is 29.8 Å². The first kappa shape index (κ1) is 16.1. The van der Waals surface area contributed by atoms with E-state index in [1.54, 1.807) is 18.0 Å². The molecule has 0 bridgehead atoms. The van der Waals surface area contributed by atoms with Crippen LogP contribution >= 0.6 is 11.8 Å². The molecule has 21 heavy (non-hydrogen) atoms. The highest BCUT2D eigenvalue weighted by Gasteiger charge is 2.10. The van der Waals surface area contributed by atoms with Crippen molar-refractivity contribution in [3.05, 3.63) is 47.3 Å². The van der Waals surface area contributed by atoms with Crippen LogP contribution in [0.5, 0.6) is 0 Å². The van der Waals surface area contributed by atoms with Crippen molar-refractivity contribution in [1.82, 2.24) is 9.55 Å². The Morgan fingerprint density at radius 2 is 2.05 bits per heavy atom. The standard InChI is InChI=1S/C16H22N2O2S/c1-3-20-8-9-21-16-17-10-15(12-19)18(16)11-14-6-4-13(2)5-7-14/h4-7,10,19H,3,8-9,11-12H2,1-2H3. The van der Waals surface area contributed by atoms with Gasteiger partial charge in [0.25, 0.3) is 0 Å². The van der Waals surface area contributed by atoms with Gasteiger partial charge in [-0.3, -0.25) is 0 Å². The first-order valence-electron chi connectivity index (χ1n) is 7.16.